The van der Waals surface area contributed by atoms with Crippen molar-refractivity contribution < 1.29 is 9.84 Å². The molecule has 1 aliphatic heterocycles. The molecular weight excluding hydrogens is 248 g/mol. The molecule has 3 aliphatic carbocycles. The van der Waals surface area contributed by atoms with E-state index in [9.17, 15) is 5.11 Å². The van der Waals surface area contributed by atoms with Gasteiger partial charge in [0.25, 0.3) is 0 Å². The molecule has 106 valence electrons. The monoisotopic (exact) mass is 270 g/mol. The number of para-hydroxylation sites is 1. The third kappa shape index (κ3) is 1.29. The zero-order chi connectivity index (χ0) is 13.3. The lowest BCUT2D eigenvalue weighted by atomic mass is 9.69. The van der Waals surface area contributed by atoms with Crippen LogP contribution in [-0.2, 0) is 12.0 Å². The first-order chi connectivity index (χ1) is 9.77. The highest BCUT2D eigenvalue weighted by atomic mass is 16.5. The van der Waals surface area contributed by atoms with E-state index in [1.807, 2.05) is 0 Å². The lowest BCUT2D eigenvalue weighted by molar-refractivity contribution is -0.0526. The van der Waals surface area contributed by atoms with Gasteiger partial charge in [0.05, 0.1) is 12.2 Å². The Hall–Kier alpha value is -1.02. The van der Waals surface area contributed by atoms with Gasteiger partial charge in [0.15, 0.2) is 0 Å². The van der Waals surface area contributed by atoms with Crippen molar-refractivity contribution in [1.82, 2.24) is 0 Å². The van der Waals surface area contributed by atoms with Crippen LogP contribution in [0.4, 0.5) is 0 Å². The maximum atomic E-state index is 11.5. The molecule has 2 bridgehead atoms. The van der Waals surface area contributed by atoms with Crippen LogP contribution in [0, 0.1) is 23.7 Å². The fraction of sp³-hybridized carbons (Fsp3) is 0.667. The predicted octanol–water partition coefficient (Wildman–Crippen LogP) is 3.27. The van der Waals surface area contributed by atoms with Crippen LogP contribution in [0.2, 0.25) is 0 Å². The van der Waals surface area contributed by atoms with Gasteiger partial charge in [-0.3, -0.25) is 0 Å². The Balaban J connectivity index is 1.60. The van der Waals surface area contributed by atoms with Crippen molar-refractivity contribution in [3.8, 4) is 5.75 Å². The number of fused-ring (bicyclic) bond motifs is 6. The average molecular weight is 270 g/mol. The van der Waals surface area contributed by atoms with Crippen molar-refractivity contribution in [3.63, 3.8) is 0 Å². The summed E-state index contributed by atoms with van der Waals surface area (Å²) in [5.41, 5.74) is 1.79. The van der Waals surface area contributed by atoms with Gasteiger partial charge in [-0.2, -0.15) is 0 Å². The van der Waals surface area contributed by atoms with Gasteiger partial charge in [0.1, 0.15) is 5.75 Å². The lowest BCUT2D eigenvalue weighted by Gasteiger charge is -2.40. The minimum Gasteiger partial charge on any atom is -0.493 e. The van der Waals surface area contributed by atoms with Crippen LogP contribution < -0.4 is 4.74 Å². The van der Waals surface area contributed by atoms with E-state index >= 15 is 0 Å². The van der Waals surface area contributed by atoms with Gasteiger partial charge >= 0.3 is 0 Å². The van der Waals surface area contributed by atoms with Crippen LogP contribution in [0.5, 0.6) is 5.75 Å². The van der Waals surface area contributed by atoms with Crippen molar-refractivity contribution in [2.24, 2.45) is 23.7 Å². The van der Waals surface area contributed by atoms with Crippen LogP contribution >= 0.6 is 0 Å². The summed E-state index contributed by atoms with van der Waals surface area (Å²) in [5, 5.41) is 11.5. The Kier molecular flexibility index (Phi) is 2.20. The number of hydrogen-bond acceptors (Lipinski definition) is 2. The Labute approximate surface area is 120 Å². The van der Waals surface area contributed by atoms with Crippen molar-refractivity contribution >= 4 is 0 Å². The molecule has 3 fully saturated rings. The summed E-state index contributed by atoms with van der Waals surface area (Å²) in [6.07, 6.45) is 7.34. The van der Waals surface area contributed by atoms with Crippen LogP contribution in [0.1, 0.15) is 43.2 Å². The van der Waals surface area contributed by atoms with E-state index in [1.165, 1.54) is 31.2 Å². The van der Waals surface area contributed by atoms with Gasteiger partial charge in [-0.1, -0.05) is 24.6 Å². The summed E-state index contributed by atoms with van der Waals surface area (Å²) in [6, 6.07) is 6.38. The van der Waals surface area contributed by atoms with Crippen LogP contribution in [0.25, 0.3) is 0 Å². The molecule has 1 N–H and O–H groups in total. The summed E-state index contributed by atoms with van der Waals surface area (Å²) in [4.78, 5) is 0. The highest BCUT2D eigenvalue weighted by molar-refractivity contribution is 5.48. The highest BCUT2D eigenvalue weighted by Gasteiger charge is 2.61. The maximum absolute atomic E-state index is 11.5. The molecule has 4 aliphatic rings. The van der Waals surface area contributed by atoms with E-state index in [0.717, 1.165) is 48.5 Å². The maximum Gasteiger partial charge on any atom is 0.128 e. The molecule has 5 atom stereocenters. The van der Waals surface area contributed by atoms with Crippen molar-refractivity contribution in [2.45, 2.75) is 44.1 Å². The molecule has 5 unspecified atom stereocenters. The van der Waals surface area contributed by atoms with Crippen LogP contribution in [0.3, 0.4) is 0 Å². The van der Waals surface area contributed by atoms with E-state index in [0.29, 0.717) is 5.92 Å². The van der Waals surface area contributed by atoms with Crippen molar-refractivity contribution in [3.05, 3.63) is 29.3 Å². The predicted molar refractivity (Wildman–Crippen MR) is 76.6 cm³/mol. The topological polar surface area (TPSA) is 29.5 Å². The number of ether oxygens (including phenoxy) is 1. The van der Waals surface area contributed by atoms with E-state index in [1.54, 1.807) is 0 Å². The van der Waals surface area contributed by atoms with Crippen molar-refractivity contribution in [2.75, 3.05) is 6.61 Å². The summed E-state index contributed by atoms with van der Waals surface area (Å²) in [7, 11) is 0. The molecule has 0 radical (unpaired) electrons. The summed E-state index contributed by atoms with van der Waals surface area (Å²) in [6.45, 7) is 0.780. The van der Waals surface area contributed by atoms with Gasteiger partial charge in [-0.05, 0) is 54.9 Å². The molecule has 1 aromatic rings. The van der Waals surface area contributed by atoms with Gasteiger partial charge in [0.2, 0.25) is 0 Å². The van der Waals surface area contributed by atoms with Gasteiger partial charge in [-0.15, -0.1) is 0 Å². The molecule has 1 aromatic carbocycles. The number of aliphatic hydroxyl groups is 1. The zero-order valence-corrected chi connectivity index (χ0v) is 11.8. The first-order valence-corrected chi connectivity index (χ1v) is 8.25. The van der Waals surface area contributed by atoms with Gasteiger partial charge < -0.3 is 9.84 Å². The average Bonchev–Trinajstić information content (AvgIpc) is 3.18. The molecule has 3 saturated carbocycles. The Bertz CT molecular complexity index is 567. The molecular formula is C18H22O2. The fourth-order valence-electron chi connectivity index (χ4n) is 5.98. The van der Waals surface area contributed by atoms with E-state index in [-0.39, 0.29) is 0 Å². The second kappa shape index (κ2) is 3.79. The third-order valence-electron chi connectivity index (χ3n) is 6.67. The lowest BCUT2D eigenvalue weighted by Crippen LogP contribution is -2.39. The highest BCUT2D eigenvalue weighted by Crippen LogP contribution is 2.66. The molecule has 2 nitrogen and oxygen atoms in total. The number of rotatable bonds is 1. The Morgan fingerprint density at radius 2 is 2.10 bits per heavy atom. The minimum atomic E-state index is -0.605. The molecule has 0 saturated heterocycles. The first-order valence-electron chi connectivity index (χ1n) is 8.25. The quantitative estimate of drug-likeness (QED) is 0.848. The Morgan fingerprint density at radius 3 is 3.05 bits per heavy atom. The van der Waals surface area contributed by atoms with E-state index < -0.39 is 5.60 Å². The van der Waals surface area contributed by atoms with Crippen molar-refractivity contribution in [1.29, 1.82) is 0 Å². The van der Waals surface area contributed by atoms with Crippen LogP contribution in [-0.4, -0.2) is 11.7 Å². The summed E-state index contributed by atoms with van der Waals surface area (Å²) >= 11 is 0. The molecule has 0 aromatic heterocycles. The second-order valence-electron chi connectivity index (χ2n) is 7.38. The van der Waals surface area contributed by atoms with E-state index in [4.69, 9.17) is 4.74 Å². The van der Waals surface area contributed by atoms with Gasteiger partial charge in [-0.25, -0.2) is 0 Å². The molecule has 1 heterocycles. The minimum absolute atomic E-state index is 0.482. The fourth-order valence-corrected chi connectivity index (χ4v) is 5.98. The smallest absolute Gasteiger partial charge is 0.128 e. The molecule has 0 spiro atoms. The zero-order valence-electron chi connectivity index (χ0n) is 11.8. The largest absolute Gasteiger partial charge is 0.493 e. The van der Waals surface area contributed by atoms with Crippen LogP contribution in [0.15, 0.2) is 18.2 Å². The standard InChI is InChI=1S/C18H22O2/c19-18(15-6-1-3-11-7-8-20-17(11)15)10-12-9-16(18)14-5-2-4-13(12)14/h1,3,6,12-14,16,19H,2,4-5,7-10H2. The molecule has 5 rings (SSSR count). The summed E-state index contributed by atoms with van der Waals surface area (Å²) < 4.78 is 5.87. The number of benzene rings is 1. The molecule has 0 amide bonds. The number of hydrogen-bond donors (Lipinski definition) is 1. The third-order valence-corrected chi connectivity index (χ3v) is 6.67. The SMILES string of the molecule is OC1(c2cccc3c2OCC3)CC2CC1C1CCCC21. The normalized spacial score (nSPS) is 44.5. The molecule has 20 heavy (non-hydrogen) atoms. The molecule has 2 heteroatoms. The second-order valence-corrected chi connectivity index (χ2v) is 7.38. The Morgan fingerprint density at radius 1 is 1.20 bits per heavy atom. The van der Waals surface area contributed by atoms with Gasteiger partial charge in [0, 0.05) is 12.0 Å². The van der Waals surface area contributed by atoms with E-state index in [2.05, 4.69) is 18.2 Å². The summed E-state index contributed by atoms with van der Waals surface area (Å²) in [5.74, 6) is 3.94. The first kappa shape index (κ1) is 11.6.